The van der Waals surface area contributed by atoms with Gasteiger partial charge in [0.2, 0.25) is 0 Å². The van der Waals surface area contributed by atoms with Crippen LogP contribution in [0.2, 0.25) is 0 Å². The van der Waals surface area contributed by atoms with Gasteiger partial charge in [-0.25, -0.2) is 4.98 Å². The summed E-state index contributed by atoms with van der Waals surface area (Å²) < 4.78 is 14.2. The van der Waals surface area contributed by atoms with E-state index >= 15 is 0 Å². The maximum atomic E-state index is 7.11. The van der Waals surface area contributed by atoms with Gasteiger partial charge >= 0.3 is 0 Å². The van der Waals surface area contributed by atoms with E-state index in [1.54, 1.807) is 0 Å². The third-order valence-corrected chi connectivity index (χ3v) is 14.9. The highest BCUT2D eigenvalue weighted by molar-refractivity contribution is 6.24. The minimum atomic E-state index is 0.741. The number of furan rings is 2. The van der Waals surface area contributed by atoms with Crippen molar-refractivity contribution >= 4 is 76.5 Å². The van der Waals surface area contributed by atoms with Crippen LogP contribution in [0.1, 0.15) is 0 Å². The minimum Gasteiger partial charge on any atom is -0.455 e. The molecule has 15 aromatic rings. The average Bonchev–Trinajstić information content (AvgIpc) is 4.05. The monoisotopic (exact) mass is 942 g/mol. The first-order valence-corrected chi connectivity index (χ1v) is 25.1. The number of hydrogen-bond acceptors (Lipinski definition) is 4. The zero-order chi connectivity index (χ0) is 48.7. The Balaban J connectivity index is 1.07. The summed E-state index contributed by atoms with van der Waals surface area (Å²) in [4.78, 5) is 11.2. The van der Waals surface area contributed by atoms with Crippen molar-refractivity contribution in [3.63, 3.8) is 0 Å². The Morgan fingerprint density at radius 3 is 1.11 bits per heavy atom. The molecule has 74 heavy (non-hydrogen) atoms. The quantitative estimate of drug-likeness (QED) is 0.149. The van der Waals surface area contributed by atoms with E-state index in [0.29, 0.717) is 0 Å². The Kier molecular flexibility index (Phi) is 9.54. The summed E-state index contributed by atoms with van der Waals surface area (Å²) in [6.07, 6.45) is 1.97. The maximum Gasteiger partial charge on any atom is 0.143 e. The molecule has 0 radical (unpaired) electrons. The molecule has 0 saturated carbocycles. The van der Waals surface area contributed by atoms with E-state index in [2.05, 4.69) is 249 Å². The SMILES string of the molecule is c1ccc(-c2ccc3oc4c(-c5cccc(-c6cc(-c7ccccc7)cc7c6oc6ccc(-c8ccccc8)cc67)c5-c5cnc6c7ccccc7c7ccccc7c6n5)cc(-c5ccccc5)cc4c3c2)cc1. The first kappa shape index (κ1) is 41.8. The van der Waals surface area contributed by atoms with Gasteiger partial charge < -0.3 is 8.83 Å². The fourth-order valence-corrected chi connectivity index (χ4v) is 11.4. The van der Waals surface area contributed by atoms with Crippen molar-refractivity contribution in [2.45, 2.75) is 0 Å². The summed E-state index contributed by atoms with van der Waals surface area (Å²) in [7, 11) is 0. The molecule has 4 nitrogen and oxygen atoms in total. The van der Waals surface area contributed by atoms with Gasteiger partial charge in [0.25, 0.3) is 0 Å². The van der Waals surface area contributed by atoms with Crippen LogP contribution in [0, 0.1) is 0 Å². The van der Waals surface area contributed by atoms with Crippen LogP contribution in [0.15, 0.2) is 264 Å². The van der Waals surface area contributed by atoms with Crippen molar-refractivity contribution in [2.24, 2.45) is 0 Å². The van der Waals surface area contributed by atoms with Gasteiger partial charge in [-0.2, -0.15) is 0 Å². The summed E-state index contributed by atoms with van der Waals surface area (Å²) in [5.41, 5.74) is 19.4. The standard InChI is InChI=1S/C70H42N2O2/c1-5-18-43(19-6-1)47-32-34-64-57(36-47)61-40-49(45-22-9-3-10-23-45)38-59(69(61)73-64)53-30-17-31-54(66(53)63-42-71-67-55-28-15-13-26-51(55)52-27-14-16-29-56(52)68(67)72-63)60-39-50(46-24-11-4-12-25-46)41-62-58-37-48(44-20-7-2-8-21-44)33-35-65(58)74-70(60)62/h1-42H. The zero-order valence-corrected chi connectivity index (χ0v) is 40.0. The molecule has 0 atom stereocenters. The molecule has 0 N–H and O–H groups in total. The van der Waals surface area contributed by atoms with Crippen molar-refractivity contribution < 1.29 is 8.83 Å². The molecule has 0 aliphatic heterocycles. The van der Waals surface area contributed by atoms with E-state index in [-0.39, 0.29) is 0 Å². The van der Waals surface area contributed by atoms with E-state index in [4.69, 9.17) is 18.8 Å². The van der Waals surface area contributed by atoms with Gasteiger partial charge in [-0.05, 0) is 115 Å². The van der Waals surface area contributed by atoms with Crippen LogP contribution in [0.4, 0.5) is 0 Å². The highest BCUT2D eigenvalue weighted by Crippen LogP contribution is 2.49. The average molecular weight is 943 g/mol. The zero-order valence-electron chi connectivity index (χ0n) is 40.0. The summed E-state index contributed by atoms with van der Waals surface area (Å²) in [6.45, 7) is 0. The Labute approximate surface area is 426 Å². The Hall–Kier alpha value is -9.90. The molecule has 15 rings (SSSR count). The first-order valence-electron chi connectivity index (χ1n) is 25.1. The van der Waals surface area contributed by atoms with Gasteiger partial charge in [-0.3, -0.25) is 4.98 Å². The molecule has 0 amide bonds. The molecular weight excluding hydrogens is 901 g/mol. The van der Waals surface area contributed by atoms with Gasteiger partial charge in [-0.15, -0.1) is 0 Å². The lowest BCUT2D eigenvalue weighted by Gasteiger charge is -2.18. The van der Waals surface area contributed by atoms with E-state index in [1.165, 1.54) is 0 Å². The molecule has 0 unspecified atom stereocenters. The van der Waals surface area contributed by atoms with Gasteiger partial charge in [0, 0.05) is 49.0 Å². The predicted molar refractivity (Wildman–Crippen MR) is 307 cm³/mol. The predicted octanol–water partition coefficient (Wildman–Crippen LogP) is 19.4. The molecule has 0 saturated heterocycles. The first-order chi connectivity index (χ1) is 36.7. The second-order valence-corrected chi connectivity index (χ2v) is 19.2. The van der Waals surface area contributed by atoms with Gasteiger partial charge in [0.05, 0.1) is 22.9 Å². The summed E-state index contributed by atoms with van der Waals surface area (Å²) in [5, 5.41) is 8.58. The lowest BCUT2D eigenvalue weighted by atomic mass is 9.86. The highest BCUT2D eigenvalue weighted by Gasteiger charge is 2.25. The largest absolute Gasteiger partial charge is 0.455 e. The molecule has 12 aromatic carbocycles. The normalized spacial score (nSPS) is 11.8. The van der Waals surface area contributed by atoms with E-state index in [1.807, 2.05) is 6.20 Å². The number of fused-ring (bicyclic) bond motifs is 12. The molecule has 3 aromatic heterocycles. The second kappa shape index (κ2) is 16.9. The summed E-state index contributed by atoms with van der Waals surface area (Å²) in [5.74, 6) is 0. The molecule has 3 heterocycles. The van der Waals surface area contributed by atoms with Crippen LogP contribution in [-0.2, 0) is 0 Å². The van der Waals surface area contributed by atoms with Gasteiger partial charge in [0.1, 0.15) is 22.3 Å². The fourth-order valence-electron chi connectivity index (χ4n) is 11.4. The molecule has 0 spiro atoms. The molecule has 0 aliphatic carbocycles. The number of aromatic nitrogens is 2. The van der Waals surface area contributed by atoms with Crippen LogP contribution in [-0.4, -0.2) is 9.97 Å². The number of benzene rings is 12. The Morgan fingerprint density at radius 2 is 0.649 bits per heavy atom. The van der Waals surface area contributed by atoms with Crippen molar-refractivity contribution in [3.05, 3.63) is 255 Å². The van der Waals surface area contributed by atoms with E-state index in [0.717, 1.165) is 154 Å². The van der Waals surface area contributed by atoms with Crippen molar-refractivity contribution in [1.29, 1.82) is 0 Å². The second-order valence-electron chi connectivity index (χ2n) is 19.2. The molecule has 4 heteroatoms. The van der Waals surface area contributed by atoms with E-state index in [9.17, 15) is 0 Å². The van der Waals surface area contributed by atoms with Crippen LogP contribution in [0.3, 0.4) is 0 Å². The summed E-state index contributed by atoms with van der Waals surface area (Å²) >= 11 is 0. The van der Waals surface area contributed by atoms with Crippen LogP contribution < -0.4 is 0 Å². The Bertz CT molecular complexity index is 4440. The van der Waals surface area contributed by atoms with Gasteiger partial charge in [-0.1, -0.05) is 200 Å². The van der Waals surface area contributed by atoms with Crippen LogP contribution in [0.5, 0.6) is 0 Å². The highest BCUT2D eigenvalue weighted by atomic mass is 16.3. The van der Waals surface area contributed by atoms with Crippen molar-refractivity contribution in [3.8, 4) is 78.0 Å². The fraction of sp³-hybridized carbons (Fsp3) is 0. The van der Waals surface area contributed by atoms with Crippen LogP contribution >= 0.6 is 0 Å². The molecule has 0 bridgehead atoms. The number of rotatable bonds is 7. The number of nitrogens with zero attached hydrogens (tertiary/aromatic N) is 2. The third kappa shape index (κ3) is 6.77. The van der Waals surface area contributed by atoms with Crippen LogP contribution in [0.25, 0.3) is 154 Å². The number of hydrogen-bond donors (Lipinski definition) is 0. The molecular formula is C70H42N2O2. The van der Waals surface area contributed by atoms with Gasteiger partial charge in [0.15, 0.2) is 0 Å². The minimum absolute atomic E-state index is 0.741. The molecule has 0 aliphatic rings. The molecule has 0 fully saturated rings. The smallest absolute Gasteiger partial charge is 0.143 e. The lowest BCUT2D eigenvalue weighted by molar-refractivity contribution is 0.670. The third-order valence-electron chi connectivity index (χ3n) is 14.9. The van der Waals surface area contributed by atoms with E-state index < -0.39 is 0 Å². The van der Waals surface area contributed by atoms with Crippen molar-refractivity contribution in [2.75, 3.05) is 0 Å². The molecule has 344 valence electrons. The Morgan fingerprint density at radius 1 is 0.257 bits per heavy atom. The maximum absolute atomic E-state index is 7.11. The van der Waals surface area contributed by atoms with Crippen molar-refractivity contribution in [1.82, 2.24) is 9.97 Å². The lowest BCUT2D eigenvalue weighted by Crippen LogP contribution is -1.97. The summed E-state index contributed by atoms with van der Waals surface area (Å²) in [6, 6.07) is 88.3. The topological polar surface area (TPSA) is 52.1 Å².